The molecule has 0 fully saturated rings. The predicted octanol–water partition coefficient (Wildman–Crippen LogP) is 1.54. The van der Waals surface area contributed by atoms with Crippen molar-refractivity contribution in [3.05, 3.63) is 35.4 Å². The quantitative estimate of drug-likeness (QED) is 0.430. The van der Waals surface area contributed by atoms with E-state index in [2.05, 4.69) is 24.2 Å². The Labute approximate surface area is 121 Å². The van der Waals surface area contributed by atoms with E-state index in [0.717, 1.165) is 18.5 Å². The second kappa shape index (κ2) is 8.68. The molecule has 0 heterocycles. The van der Waals surface area contributed by atoms with E-state index in [-0.39, 0.29) is 5.91 Å². The van der Waals surface area contributed by atoms with Gasteiger partial charge in [-0.05, 0) is 25.0 Å². The molecular formula is C15H25N3O2. The van der Waals surface area contributed by atoms with Gasteiger partial charge in [-0.3, -0.25) is 15.1 Å². The van der Waals surface area contributed by atoms with E-state index < -0.39 is 0 Å². The maximum Gasteiger partial charge on any atom is 0.265 e. The van der Waals surface area contributed by atoms with Gasteiger partial charge in [-0.1, -0.05) is 25.1 Å². The van der Waals surface area contributed by atoms with Crippen molar-refractivity contribution >= 4 is 5.91 Å². The molecule has 0 saturated heterocycles. The summed E-state index contributed by atoms with van der Waals surface area (Å²) in [7, 11) is 1.70. The summed E-state index contributed by atoms with van der Waals surface area (Å²) in [5, 5.41) is 0. The maximum atomic E-state index is 11.8. The molecule has 0 aromatic heterocycles. The molecule has 0 aliphatic rings. The van der Waals surface area contributed by atoms with Crippen LogP contribution in [0.4, 0.5) is 0 Å². The molecule has 1 aromatic carbocycles. The summed E-state index contributed by atoms with van der Waals surface area (Å²) in [6, 6.07) is 7.97. The number of carbonyl (C=O) groups is 1. The summed E-state index contributed by atoms with van der Waals surface area (Å²) in [6.07, 6.45) is 1.05. The van der Waals surface area contributed by atoms with Gasteiger partial charge in [-0.25, -0.2) is 5.84 Å². The number of nitrogens with one attached hydrogen (secondary N) is 1. The molecule has 1 amide bonds. The highest BCUT2D eigenvalue weighted by Gasteiger charge is 2.16. The lowest BCUT2D eigenvalue weighted by molar-refractivity contribution is 0.0947. The molecule has 0 radical (unpaired) electrons. The van der Waals surface area contributed by atoms with Crippen LogP contribution in [0, 0.1) is 0 Å². The van der Waals surface area contributed by atoms with Crippen molar-refractivity contribution in [1.82, 2.24) is 10.3 Å². The SMILES string of the molecule is CCC(C)N(CCOC)Cc1ccccc1C(=O)NN. The van der Waals surface area contributed by atoms with Gasteiger partial charge in [0.15, 0.2) is 0 Å². The predicted molar refractivity (Wildman–Crippen MR) is 80.1 cm³/mol. The highest BCUT2D eigenvalue weighted by molar-refractivity contribution is 5.95. The molecular weight excluding hydrogens is 254 g/mol. The fraction of sp³-hybridized carbons (Fsp3) is 0.533. The molecule has 0 spiro atoms. The minimum Gasteiger partial charge on any atom is -0.383 e. The average molecular weight is 279 g/mol. The number of nitrogens with zero attached hydrogens (tertiary/aromatic N) is 1. The standard InChI is InChI=1S/C15H25N3O2/c1-4-12(2)18(9-10-20-3)11-13-7-5-6-8-14(13)15(19)17-16/h5-8,12H,4,9-11,16H2,1-3H3,(H,17,19). The van der Waals surface area contributed by atoms with E-state index in [9.17, 15) is 4.79 Å². The summed E-state index contributed by atoms with van der Waals surface area (Å²) in [5.41, 5.74) is 3.80. The molecule has 0 aliphatic heterocycles. The molecule has 3 N–H and O–H groups in total. The minimum absolute atomic E-state index is 0.253. The molecule has 5 heteroatoms. The number of methoxy groups -OCH3 is 1. The third-order valence-electron chi connectivity index (χ3n) is 3.56. The van der Waals surface area contributed by atoms with Gasteiger partial charge in [-0.2, -0.15) is 0 Å². The zero-order valence-electron chi connectivity index (χ0n) is 12.6. The number of rotatable bonds is 8. The number of nitrogen functional groups attached to an aromatic ring is 1. The van der Waals surface area contributed by atoms with Gasteiger partial charge in [0, 0.05) is 31.8 Å². The summed E-state index contributed by atoms with van der Waals surface area (Å²) in [5.74, 6) is 4.98. The first-order valence-corrected chi connectivity index (χ1v) is 6.95. The van der Waals surface area contributed by atoms with Crippen LogP contribution in [0.1, 0.15) is 36.2 Å². The van der Waals surface area contributed by atoms with Gasteiger partial charge in [0.1, 0.15) is 0 Å². The highest BCUT2D eigenvalue weighted by Crippen LogP contribution is 2.14. The molecule has 1 atom stereocenters. The van der Waals surface area contributed by atoms with Crippen LogP contribution in [0.15, 0.2) is 24.3 Å². The second-order valence-electron chi connectivity index (χ2n) is 4.85. The van der Waals surface area contributed by atoms with Crippen molar-refractivity contribution in [2.24, 2.45) is 5.84 Å². The largest absolute Gasteiger partial charge is 0.383 e. The van der Waals surface area contributed by atoms with Crippen molar-refractivity contribution in [1.29, 1.82) is 0 Å². The topological polar surface area (TPSA) is 67.6 Å². The van der Waals surface area contributed by atoms with Gasteiger partial charge in [-0.15, -0.1) is 0 Å². The highest BCUT2D eigenvalue weighted by atomic mass is 16.5. The van der Waals surface area contributed by atoms with Crippen LogP contribution in [0.5, 0.6) is 0 Å². The molecule has 1 rings (SSSR count). The van der Waals surface area contributed by atoms with Crippen molar-refractivity contribution in [3.8, 4) is 0 Å². The molecule has 0 aliphatic carbocycles. The van der Waals surface area contributed by atoms with E-state index >= 15 is 0 Å². The number of hydrogen-bond donors (Lipinski definition) is 2. The van der Waals surface area contributed by atoms with Gasteiger partial charge >= 0.3 is 0 Å². The fourth-order valence-electron chi connectivity index (χ4n) is 2.10. The van der Waals surface area contributed by atoms with Crippen LogP contribution in [-0.2, 0) is 11.3 Å². The molecule has 112 valence electrons. The molecule has 1 unspecified atom stereocenters. The molecule has 0 saturated carbocycles. The summed E-state index contributed by atoms with van der Waals surface area (Å²) in [4.78, 5) is 14.1. The van der Waals surface area contributed by atoms with Gasteiger partial charge in [0.05, 0.1) is 6.61 Å². The monoisotopic (exact) mass is 279 g/mol. The number of ether oxygens (including phenoxy) is 1. The number of hydrogen-bond acceptors (Lipinski definition) is 4. The zero-order chi connectivity index (χ0) is 15.0. The first-order chi connectivity index (χ1) is 9.63. The Morgan fingerprint density at radius 1 is 1.45 bits per heavy atom. The summed E-state index contributed by atoms with van der Waals surface area (Å²) in [6.45, 7) is 6.56. The van der Waals surface area contributed by atoms with Crippen LogP contribution in [0.25, 0.3) is 0 Å². The lowest BCUT2D eigenvalue weighted by Gasteiger charge is -2.28. The Morgan fingerprint density at radius 2 is 2.15 bits per heavy atom. The van der Waals surface area contributed by atoms with E-state index in [0.29, 0.717) is 24.8 Å². The number of benzene rings is 1. The average Bonchev–Trinajstić information content (AvgIpc) is 2.50. The van der Waals surface area contributed by atoms with Crippen molar-refractivity contribution in [2.45, 2.75) is 32.9 Å². The van der Waals surface area contributed by atoms with Crippen LogP contribution >= 0.6 is 0 Å². The van der Waals surface area contributed by atoms with Gasteiger partial charge < -0.3 is 4.74 Å². The third-order valence-corrected chi connectivity index (χ3v) is 3.56. The van der Waals surface area contributed by atoms with E-state index in [1.807, 2.05) is 18.2 Å². The number of carbonyl (C=O) groups excluding carboxylic acids is 1. The van der Waals surface area contributed by atoms with Crippen molar-refractivity contribution in [2.75, 3.05) is 20.3 Å². The van der Waals surface area contributed by atoms with Crippen molar-refractivity contribution < 1.29 is 9.53 Å². The maximum absolute atomic E-state index is 11.8. The first kappa shape index (κ1) is 16.6. The number of amides is 1. The normalized spacial score (nSPS) is 12.4. The van der Waals surface area contributed by atoms with E-state index in [1.54, 1.807) is 13.2 Å². The zero-order valence-corrected chi connectivity index (χ0v) is 12.6. The molecule has 20 heavy (non-hydrogen) atoms. The van der Waals surface area contributed by atoms with Crippen LogP contribution in [0.2, 0.25) is 0 Å². The Hall–Kier alpha value is -1.43. The van der Waals surface area contributed by atoms with Crippen molar-refractivity contribution in [3.63, 3.8) is 0 Å². The second-order valence-corrected chi connectivity index (χ2v) is 4.85. The van der Waals surface area contributed by atoms with E-state index in [1.165, 1.54) is 0 Å². The number of nitrogens with two attached hydrogens (primary N) is 1. The summed E-state index contributed by atoms with van der Waals surface area (Å²) >= 11 is 0. The smallest absolute Gasteiger partial charge is 0.265 e. The summed E-state index contributed by atoms with van der Waals surface area (Å²) < 4.78 is 5.16. The Balaban J connectivity index is 2.89. The van der Waals surface area contributed by atoms with Crippen LogP contribution in [-0.4, -0.2) is 37.1 Å². The Bertz CT molecular complexity index is 423. The van der Waals surface area contributed by atoms with Gasteiger partial charge in [0.25, 0.3) is 5.91 Å². The molecule has 1 aromatic rings. The number of hydrazine groups is 1. The lowest BCUT2D eigenvalue weighted by Crippen LogP contribution is -2.36. The van der Waals surface area contributed by atoms with Crippen LogP contribution < -0.4 is 11.3 Å². The Kier molecular flexibility index (Phi) is 7.22. The Morgan fingerprint density at radius 3 is 2.75 bits per heavy atom. The lowest BCUT2D eigenvalue weighted by atomic mass is 10.1. The fourth-order valence-corrected chi connectivity index (χ4v) is 2.10. The van der Waals surface area contributed by atoms with E-state index in [4.69, 9.17) is 10.6 Å². The minimum atomic E-state index is -0.253. The molecule has 5 nitrogen and oxygen atoms in total. The van der Waals surface area contributed by atoms with Crippen LogP contribution in [0.3, 0.4) is 0 Å². The third kappa shape index (κ3) is 4.59. The first-order valence-electron chi connectivity index (χ1n) is 6.95. The molecule has 0 bridgehead atoms. The van der Waals surface area contributed by atoms with Gasteiger partial charge in [0.2, 0.25) is 0 Å².